The second kappa shape index (κ2) is 7.61. The van der Waals surface area contributed by atoms with E-state index in [4.69, 9.17) is 11.1 Å². The van der Waals surface area contributed by atoms with Gasteiger partial charge in [0.1, 0.15) is 5.84 Å². The molecule has 1 aliphatic rings. The molecule has 1 aliphatic carbocycles. The molecular formula is C29H25N3. The van der Waals surface area contributed by atoms with Crippen LogP contribution in [0.25, 0.3) is 22.3 Å². The number of amidine groups is 2. The fourth-order valence-corrected chi connectivity index (χ4v) is 4.57. The Morgan fingerprint density at radius 1 is 0.688 bits per heavy atom. The molecule has 3 N–H and O–H groups in total. The third kappa shape index (κ3) is 3.32. The van der Waals surface area contributed by atoms with Crippen molar-refractivity contribution >= 4 is 11.7 Å². The summed E-state index contributed by atoms with van der Waals surface area (Å²) in [6.45, 7) is 4.47. The number of nitrogens with zero attached hydrogens (tertiary/aromatic N) is 1. The zero-order valence-corrected chi connectivity index (χ0v) is 18.3. The maximum Gasteiger partial charge on any atom is 0.154 e. The van der Waals surface area contributed by atoms with Crippen LogP contribution in [-0.2, 0) is 5.41 Å². The number of benzene rings is 4. The quantitative estimate of drug-likeness (QED) is 0.295. The Kier molecular flexibility index (Phi) is 4.75. The van der Waals surface area contributed by atoms with Crippen LogP contribution in [0.2, 0.25) is 0 Å². The van der Waals surface area contributed by atoms with Crippen molar-refractivity contribution in [1.82, 2.24) is 0 Å². The monoisotopic (exact) mass is 415 g/mol. The summed E-state index contributed by atoms with van der Waals surface area (Å²) in [5.74, 6) is 0.516. The van der Waals surface area contributed by atoms with E-state index in [0.717, 1.165) is 22.3 Å². The van der Waals surface area contributed by atoms with Gasteiger partial charge in [-0.3, -0.25) is 5.41 Å². The zero-order chi connectivity index (χ0) is 22.3. The van der Waals surface area contributed by atoms with Gasteiger partial charge in [0.05, 0.1) is 0 Å². The first-order valence-electron chi connectivity index (χ1n) is 10.8. The molecule has 0 aliphatic heterocycles. The molecule has 0 aromatic heterocycles. The minimum absolute atomic E-state index is 0.106. The summed E-state index contributed by atoms with van der Waals surface area (Å²) >= 11 is 0. The molecule has 0 radical (unpaired) electrons. The molecule has 0 heterocycles. The average molecular weight is 416 g/mol. The van der Waals surface area contributed by atoms with E-state index >= 15 is 0 Å². The smallest absolute Gasteiger partial charge is 0.154 e. The van der Waals surface area contributed by atoms with Gasteiger partial charge in [-0.15, -0.1) is 0 Å². The van der Waals surface area contributed by atoms with E-state index in [1.807, 2.05) is 48.5 Å². The molecule has 4 aromatic carbocycles. The van der Waals surface area contributed by atoms with Gasteiger partial charge in [-0.25, -0.2) is 4.99 Å². The molecule has 0 spiro atoms. The van der Waals surface area contributed by atoms with Crippen molar-refractivity contribution < 1.29 is 0 Å². The van der Waals surface area contributed by atoms with Crippen LogP contribution in [0.5, 0.6) is 0 Å². The van der Waals surface area contributed by atoms with Gasteiger partial charge in [-0.05, 0) is 39.4 Å². The van der Waals surface area contributed by atoms with Crippen LogP contribution in [-0.4, -0.2) is 11.7 Å². The van der Waals surface area contributed by atoms with Gasteiger partial charge in [-0.1, -0.05) is 105 Å². The fraction of sp³-hybridized carbons (Fsp3) is 0.103. The van der Waals surface area contributed by atoms with E-state index in [9.17, 15) is 0 Å². The Bertz CT molecular complexity index is 1350. The van der Waals surface area contributed by atoms with Gasteiger partial charge in [0.2, 0.25) is 0 Å². The molecular weight excluding hydrogens is 390 g/mol. The van der Waals surface area contributed by atoms with E-state index in [1.165, 1.54) is 22.3 Å². The molecule has 5 rings (SSSR count). The lowest BCUT2D eigenvalue weighted by molar-refractivity contribution is 0.660. The van der Waals surface area contributed by atoms with Crippen molar-refractivity contribution in [3.8, 4) is 22.3 Å². The third-order valence-electron chi connectivity index (χ3n) is 6.38. The Labute approximate surface area is 188 Å². The van der Waals surface area contributed by atoms with Crippen LogP contribution in [0.15, 0.2) is 102 Å². The maximum absolute atomic E-state index is 8.57. The summed E-state index contributed by atoms with van der Waals surface area (Å²) in [5, 5.41) is 8.57. The first-order valence-corrected chi connectivity index (χ1v) is 10.8. The summed E-state index contributed by atoms with van der Waals surface area (Å²) < 4.78 is 0. The lowest BCUT2D eigenvalue weighted by Gasteiger charge is -2.21. The number of nitrogens with one attached hydrogen (secondary N) is 1. The number of rotatable bonds is 3. The van der Waals surface area contributed by atoms with E-state index in [-0.39, 0.29) is 11.3 Å². The summed E-state index contributed by atoms with van der Waals surface area (Å²) in [6, 6.07) is 32.9. The number of nitrogens with two attached hydrogens (primary N) is 1. The molecule has 32 heavy (non-hydrogen) atoms. The lowest BCUT2D eigenvalue weighted by Crippen LogP contribution is -2.17. The Morgan fingerprint density at radius 3 is 2.03 bits per heavy atom. The third-order valence-corrected chi connectivity index (χ3v) is 6.38. The summed E-state index contributed by atoms with van der Waals surface area (Å²) in [4.78, 5) is 4.42. The van der Waals surface area contributed by atoms with Gasteiger partial charge in [0.15, 0.2) is 5.84 Å². The topological polar surface area (TPSA) is 62.2 Å². The molecule has 0 saturated carbocycles. The van der Waals surface area contributed by atoms with Crippen molar-refractivity contribution in [2.24, 2.45) is 10.7 Å². The van der Waals surface area contributed by atoms with Crippen LogP contribution >= 0.6 is 0 Å². The number of hydrogen-bond acceptors (Lipinski definition) is 1. The van der Waals surface area contributed by atoms with Crippen LogP contribution in [0, 0.1) is 5.41 Å². The summed E-state index contributed by atoms with van der Waals surface area (Å²) in [7, 11) is 0. The second-order valence-electron chi connectivity index (χ2n) is 8.72. The highest BCUT2D eigenvalue weighted by Gasteiger charge is 2.35. The molecule has 0 saturated heterocycles. The van der Waals surface area contributed by atoms with Crippen molar-refractivity contribution in [1.29, 1.82) is 5.41 Å². The number of fused-ring (bicyclic) bond motifs is 3. The van der Waals surface area contributed by atoms with E-state index in [2.05, 4.69) is 67.4 Å². The summed E-state index contributed by atoms with van der Waals surface area (Å²) in [5.41, 5.74) is 15.1. The standard InChI is InChI=1S/C29H25N3/c1-29(2)25-11-7-6-10-23(25)24-17-16-22(18-26(24)29)28(31)32-27(30)21-14-12-20(13-15-21)19-8-4-3-5-9-19/h3-18H,1-2H3,(H3,30,31,32). The normalized spacial score (nSPS) is 14.0. The molecule has 0 amide bonds. The predicted molar refractivity (Wildman–Crippen MR) is 133 cm³/mol. The van der Waals surface area contributed by atoms with E-state index < -0.39 is 0 Å². The fourth-order valence-electron chi connectivity index (χ4n) is 4.57. The van der Waals surface area contributed by atoms with Gasteiger partial charge in [0, 0.05) is 16.5 Å². The molecule has 3 heteroatoms. The largest absolute Gasteiger partial charge is 0.383 e. The van der Waals surface area contributed by atoms with Crippen LogP contribution in [0.3, 0.4) is 0 Å². The molecule has 0 bridgehead atoms. The molecule has 0 fully saturated rings. The Morgan fingerprint density at radius 2 is 1.28 bits per heavy atom. The van der Waals surface area contributed by atoms with Gasteiger partial charge in [0.25, 0.3) is 0 Å². The SMILES string of the molecule is CC1(C)c2ccccc2-c2ccc(C(=N)N=C(N)c3ccc(-c4ccccc4)cc3)cc21. The van der Waals surface area contributed by atoms with Crippen LogP contribution in [0.4, 0.5) is 0 Å². The molecule has 0 atom stereocenters. The van der Waals surface area contributed by atoms with Crippen molar-refractivity contribution in [3.05, 3.63) is 119 Å². The first kappa shape index (κ1) is 20.0. The van der Waals surface area contributed by atoms with E-state index in [0.29, 0.717) is 5.84 Å². The maximum atomic E-state index is 8.57. The van der Waals surface area contributed by atoms with Gasteiger partial charge < -0.3 is 5.73 Å². The van der Waals surface area contributed by atoms with Crippen LogP contribution in [0.1, 0.15) is 36.1 Å². The Hall–Kier alpha value is -3.98. The highest BCUT2D eigenvalue weighted by atomic mass is 14.9. The molecule has 156 valence electrons. The van der Waals surface area contributed by atoms with E-state index in [1.54, 1.807) is 0 Å². The average Bonchev–Trinajstić information content (AvgIpc) is 3.06. The van der Waals surface area contributed by atoms with Gasteiger partial charge >= 0.3 is 0 Å². The highest BCUT2D eigenvalue weighted by molar-refractivity contribution is 6.10. The predicted octanol–water partition coefficient (Wildman–Crippen LogP) is 6.39. The number of aliphatic imine (C=N–C) groups is 1. The molecule has 4 aromatic rings. The second-order valence-corrected chi connectivity index (χ2v) is 8.72. The van der Waals surface area contributed by atoms with Crippen molar-refractivity contribution in [2.45, 2.75) is 19.3 Å². The lowest BCUT2D eigenvalue weighted by atomic mass is 9.82. The van der Waals surface area contributed by atoms with Crippen LogP contribution < -0.4 is 5.73 Å². The molecule has 0 unspecified atom stereocenters. The number of hydrogen-bond donors (Lipinski definition) is 2. The minimum Gasteiger partial charge on any atom is -0.383 e. The minimum atomic E-state index is -0.106. The first-order chi connectivity index (χ1) is 15.4. The highest BCUT2D eigenvalue weighted by Crippen LogP contribution is 2.48. The van der Waals surface area contributed by atoms with Gasteiger partial charge in [-0.2, -0.15) is 0 Å². The zero-order valence-electron chi connectivity index (χ0n) is 18.3. The van der Waals surface area contributed by atoms with Crippen molar-refractivity contribution in [2.75, 3.05) is 0 Å². The molecule has 3 nitrogen and oxygen atoms in total. The Balaban J connectivity index is 1.42. The summed E-state index contributed by atoms with van der Waals surface area (Å²) in [6.07, 6.45) is 0. The van der Waals surface area contributed by atoms with Crippen molar-refractivity contribution in [3.63, 3.8) is 0 Å².